The first-order valence-corrected chi connectivity index (χ1v) is 8.77. The predicted octanol–water partition coefficient (Wildman–Crippen LogP) is 2.56. The lowest BCUT2D eigenvalue weighted by Crippen LogP contribution is -2.36. The van der Waals surface area contributed by atoms with Gasteiger partial charge in [-0.3, -0.25) is 4.79 Å². The summed E-state index contributed by atoms with van der Waals surface area (Å²) < 4.78 is 21.6. The number of benzene rings is 2. The maximum Gasteiger partial charge on any atom is 0.262 e. The zero-order valence-electron chi connectivity index (χ0n) is 15.6. The van der Waals surface area contributed by atoms with Gasteiger partial charge in [-0.1, -0.05) is 12.1 Å². The summed E-state index contributed by atoms with van der Waals surface area (Å²) in [5, 5.41) is 2.86. The van der Waals surface area contributed by atoms with E-state index in [0.717, 1.165) is 18.8 Å². The molecule has 1 saturated heterocycles. The van der Waals surface area contributed by atoms with E-state index in [1.807, 2.05) is 30.3 Å². The van der Waals surface area contributed by atoms with Gasteiger partial charge in [-0.25, -0.2) is 0 Å². The quantitative estimate of drug-likeness (QED) is 0.806. The van der Waals surface area contributed by atoms with Gasteiger partial charge in [-0.05, 0) is 30.3 Å². The Morgan fingerprint density at radius 3 is 2.44 bits per heavy atom. The van der Waals surface area contributed by atoms with Gasteiger partial charge < -0.3 is 29.2 Å². The number of nitrogens with zero attached hydrogens (tertiary/aromatic N) is 1. The minimum atomic E-state index is -0.279. The number of methoxy groups -OCH3 is 2. The van der Waals surface area contributed by atoms with Crippen LogP contribution >= 0.6 is 0 Å². The van der Waals surface area contributed by atoms with Crippen molar-refractivity contribution in [2.24, 2.45) is 0 Å². The Balaban J connectivity index is 1.67. The van der Waals surface area contributed by atoms with Gasteiger partial charge in [0.25, 0.3) is 5.91 Å². The third-order valence-electron chi connectivity index (χ3n) is 4.26. The number of amides is 1. The van der Waals surface area contributed by atoms with E-state index in [2.05, 4.69) is 10.2 Å². The largest absolute Gasteiger partial charge is 0.495 e. The molecule has 3 rings (SSSR count). The molecular formula is C20H24N2O5. The van der Waals surface area contributed by atoms with Crippen molar-refractivity contribution in [3.63, 3.8) is 0 Å². The highest BCUT2D eigenvalue weighted by atomic mass is 16.5. The topological polar surface area (TPSA) is 69.3 Å². The normalized spacial score (nSPS) is 13.8. The summed E-state index contributed by atoms with van der Waals surface area (Å²) >= 11 is 0. The number of ether oxygens (including phenoxy) is 4. The van der Waals surface area contributed by atoms with Gasteiger partial charge in [-0.15, -0.1) is 0 Å². The van der Waals surface area contributed by atoms with Crippen molar-refractivity contribution >= 4 is 17.3 Å². The van der Waals surface area contributed by atoms with Crippen LogP contribution in [0.4, 0.5) is 11.4 Å². The molecule has 1 heterocycles. The molecule has 0 saturated carbocycles. The zero-order valence-corrected chi connectivity index (χ0v) is 15.6. The van der Waals surface area contributed by atoms with Crippen molar-refractivity contribution in [2.75, 3.05) is 57.3 Å². The number of carbonyl (C=O) groups is 1. The lowest BCUT2D eigenvalue weighted by atomic mass is 10.2. The second-order valence-corrected chi connectivity index (χ2v) is 5.97. The molecule has 0 radical (unpaired) electrons. The average Bonchev–Trinajstić information content (AvgIpc) is 2.73. The average molecular weight is 372 g/mol. The van der Waals surface area contributed by atoms with Crippen LogP contribution in [0, 0.1) is 0 Å². The van der Waals surface area contributed by atoms with Crippen molar-refractivity contribution in [1.82, 2.24) is 0 Å². The molecule has 2 aromatic rings. The summed E-state index contributed by atoms with van der Waals surface area (Å²) in [5.74, 6) is 1.41. The Kier molecular flexibility index (Phi) is 6.38. The van der Waals surface area contributed by atoms with E-state index in [-0.39, 0.29) is 12.5 Å². The third-order valence-corrected chi connectivity index (χ3v) is 4.26. The predicted molar refractivity (Wildman–Crippen MR) is 103 cm³/mol. The smallest absolute Gasteiger partial charge is 0.262 e. The number of rotatable bonds is 7. The Morgan fingerprint density at radius 2 is 1.74 bits per heavy atom. The number of para-hydroxylation sites is 2. The minimum absolute atomic E-state index is 0.134. The molecule has 1 amide bonds. The fourth-order valence-corrected chi connectivity index (χ4v) is 2.88. The first-order chi connectivity index (χ1) is 13.2. The van der Waals surface area contributed by atoms with Gasteiger partial charge in [0.1, 0.15) is 5.75 Å². The van der Waals surface area contributed by atoms with Crippen LogP contribution in [0.25, 0.3) is 0 Å². The van der Waals surface area contributed by atoms with Crippen LogP contribution in [0.15, 0.2) is 42.5 Å². The second-order valence-electron chi connectivity index (χ2n) is 5.97. The summed E-state index contributed by atoms with van der Waals surface area (Å²) in [6.07, 6.45) is 0. The Labute approximate surface area is 158 Å². The van der Waals surface area contributed by atoms with Gasteiger partial charge in [0.2, 0.25) is 0 Å². The number of carbonyl (C=O) groups excluding carboxylic acids is 1. The van der Waals surface area contributed by atoms with Gasteiger partial charge in [-0.2, -0.15) is 0 Å². The van der Waals surface area contributed by atoms with E-state index < -0.39 is 0 Å². The van der Waals surface area contributed by atoms with Gasteiger partial charge in [0.15, 0.2) is 18.1 Å². The molecular weight excluding hydrogens is 348 g/mol. The van der Waals surface area contributed by atoms with Crippen LogP contribution in [0.2, 0.25) is 0 Å². The molecule has 0 aromatic heterocycles. The zero-order chi connectivity index (χ0) is 19.1. The summed E-state index contributed by atoms with van der Waals surface area (Å²) in [6, 6.07) is 12.9. The Bertz CT molecular complexity index is 775. The van der Waals surface area contributed by atoms with E-state index >= 15 is 0 Å². The molecule has 27 heavy (non-hydrogen) atoms. The van der Waals surface area contributed by atoms with Crippen LogP contribution in [0.5, 0.6) is 17.2 Å². The molecule has 1 N–H and O–H groups in total. The SMILES string of the molecule is COc1ccc(N2CCOCC2)cc1NC(=O)COc1ccccc1OC. The number of anilines is 2. The van der Waals surface area contributed by atoms with Crippen LogP contribution in [0.3, 0.4) is 0 Å². The highest BCUT2D eigenvalue weighted by Gasteiger charge is 2.15. The lowest BCUT2D eigenvalue weighted by molar-refractivity contribution is -0.118. The summed E-state index contributed by atoms with van der Waals surface area (Å²) in [5.41, 5.74) is 1.62. The monoisotopic (exact) mass is 372 g/mol. The van der Waals surface area contributed by atoms with Crippen molar-refractivity contribution < 1.29 is 23.7 Å². The number of hydrogen-bond acceptors (Lipinski definition) is 6. The molecule has 2 aromatic carbocycles. The Morgan fingerprint density at radius 1 is 1.04 bits per heavy atom. The van der Waals surface area contributed by atoms with E-state index in [0.29, 0.717) is 36.1 Å². The van der Waals surface area contributed by atoms with E-state index in [9.17, 15) is 4.79 Å². The summed E-state index contributed by atoms with van der Waals surface area (Å²) in [4.78, 5) is 14.6. The highest BCUT2D eigenvalue weighted by Crippen LogP contribution is 2.30. The van der Waals surface area contributed by atoms with E-state index in [4.69, 9.17) is 18.9 Å². The van der Waals surface area contributed by atoms with Crippen molar-refractivity contribution in [1.29, 1.82) is 0 Å². The van der Waals surface area contributed by atoms with Crippen molar-refractivity contribution in [3.8, 4) is 17.2 Å². The van der Waals surface area contributed by atoms with E-state index in [1.54, 1.807) is 26.4 Å². The summed E-state index contributed by atoms with van der Waals surface area (Å²) in [7, 11) is 3.13. The van der Waals surface area contributed by atoms with Crippen molar-refractivity contribution in [3.05, 3.63) is 42.5 Å². The highest BCUT2D eigenvalue weighted by molar-refractivity contribution is 5.94. The van der Waals surface area contributed by atoms with Crippen LogP contribution in [0.1, 0.15) is 0 Å². The molecule has 0 atom stereocenters. The second kappa shape index (κ2) is 9.14. The molecule has 1 aliphatic heterocycles. The van der Waals surface area contributed by atoms with E-state index in [1.165, 1.54) is 0 Å². The standard InChI is InChI=1S/C20H24N2O5/c1-24-17-8-7-15(22-9-11-26-12-10-22)13-16(17)21-20(23)14-27-19-6-4-3-5-18(19)25-2/h3-8,13H,9-12,14H2,1-2H3,(H,21,23). The van der Waals surface area contributed by atoms with Gasteiger partial charge in [0.05, 0.1) is 33.1 Å². The molecule has 7 nitrogen and oxygen atoms in total. The van der Waals surface area contributed by atoms with Crippen molar-refractivity contribution in [2.45, 2.75) is 0 Å². The molecule has 1 fully saturated rings. The molecule has 144 valence electrons. The first kappa shape index (κ1) is 18.8. The molecule has 0 aliphatic carbocycles. The molecule has 1 aliphatic rings. The van der Waals surface area contributed by atoms with Crippen LogP contribution in [-0.2, 0) is 9.53 Å². The summed E-state index contributed by atoms with van der Waals surface area (Å²) in [6.45, 7) is 2.89. The minimum Gasteiger partial charge on any atom is -0.495 e. The molecule has 0 spiro atoms. The van der Waals surface area contributed by atoms with Crippen LogP contribution < -0.4 is 24.4 Å². The number of hydrogen-bond donors (Lipinski definition) is 1. The molecule has 0 unspecified atom stereocenters. The molecule has 7 heteroatoms. The maximum atomic E-state index is 12.4. The fourth-order valence-electron chi connectivity index (χ4n) is 2.88. The number of morpholine rings is 1. The maximum absolute atomic E-state index is 12.4. The van der Waals surface area contributed by atoms with Gasteiger partial charge in [0, 0.05) is 18.8 Å². The van der Waals surface area contributed by atoms with Gasteiger partial charge >= 0.3 is 0 Å². The number of nitrogens with one attached hydrogen (secondary N) is 1. The first-order valence-electron chi connectivity index (χ1n) is 8.77. The molecule has 0 bridgehead atoms. The Hall–Kier alpha value is -2.93. The van der Waals surface area contributed by atoms with Crippen LogP contribution in [-0.4, -0.2) is 53.0 Å². The third kappa shape index (κ3) is 4.83. The lowest BCUT2D eigenvalue weighted by Gasteiger charge is -2.29. The fraction of sp³-hybridized carbons (Fsp3) is 0.350.